The maximum atomic E-state index is 8.96. The van der Waals surface area contributed by atoms with Crippen molar-refractivity contribution in [1.29, 1.82) is 5.26 Å². The largest absolute Gasteiger partial charge is 0.374 e. The molecule has 0 bridgehead atoms. The summed E-state index contributed by atoms with van der Waals surface area (Å²) < 4.78 is 3.98. The Balaban J connectivity index is 1.68. The summed E-state index contributed by atoms with van der Waals surface area (Å²) in [6, 6.07) is 2.08. The van der Waals surface area contributed by atoms with Gasteiger partial charge in [-0.3, -0.25) is 0 Å². The molecule has 0 radical (unpaired) electrons. The molecule has 0 amide bonds. The zero-order chi connectivity index (χ0) is 13.7. The molecule has 2 rings (SSSR count). The van der Waals surface area contributed by atoms with Crippen LogP contribution in [0.4, 0.5) is 5.00 Å². The van der Waals surface area contributed by atoms with Gasteiger partial charge in [-0.25, -0.2) is 0 Å². The Morgan fingerprint density at radius 3 is 2.95 bits per heavy atom. The number of nitriles is 1. The maximum Gasteiger partial charge on any atom is 0.162 e. The second-order valence-corrected chi connectivity index (χ2v) is 6.23. The van der Waals surface area contributed by atoms with E-state index in [-0.39, 0.29) is 0 Å². The molecule has 0 aliphatic carbocycles. The van der Waals surface area contributed by atoms with Gasteiger partial charge in [0.25, 0.3) is 0 Å². The molecule has 19 heavy (non-hydrogen) atoms. The molecule has 0 atom stereocenters. The lowest BCUT2D eigenvalue weighted by atomic mass is 9.99. The Hall–Kier alpha value is -0.830. The lowest BCUT2D eigenvalue weighted by Gasteiger charge is -2.30. The van der Waals surface area contributed by atoms with Crippen LogP contribution in [-0.2, 0) is 0 Å². The standard InChI is InChI=1S/C13H19ClN4S/c1-10-3-7-18(8-4-10)6-2-5-16-13-11(9-15)12(14)17-19-13/h10,16H,2-8H2,1H3. The Kier molecular flexibility index (Phi) is 5.44. The van der Waals surface area contributed by atoms with E-state index in [2.05, 4.69) is 27.6 Å². The molecule has 1 fully saturated rings. The monoisotopic (exact) mass is 298 g/mol. The number of rotatable bonds is 5. The molecular weight excluding hydrogens is 280 g/mol. The van der Waals surface area contributed by atoms with Crippen molar-refractivity contribution in [3.63, 3.8) is 0 Å². The highest BCUT2D eigenvalue weighted by Gasteiger charge is 2.15. The minimum atomic E-state index is 0.306. The molecule has 4 nitrogen and oxygen atoms in total. The van der Waals surface area contributed by atoms with Crippen LogP contribution in [0.15, 0.2) is 0 Å². The summed E-state index contributed by atoms with van der Waals surface area (Å²) in [6.45, 7) is 6.75. The molecule has 0 spiro atoms. The van der Waals surface area contributed by atoms with E-state index in [1.807, 2.05) is 0 Å². The Morgan fingerprint density at radius 2 is 2.26 bits per heavy atom. The molecule has 1 aliphatic rings. The van der Waals surface area contributed by atoms with Crippen LogP contribution in [-0.4, -0.2) is 35.5 Å². The van der Waals surface area contributed by atoms with E-state index >= 15 is 0 Å². The van der Waals surface area contributed by atoms with E-state index in [4.69, 9.17) is 16.9 Å². The van der Waals surface area contributed by atoms with Crippen molar-refractivity contribution >= 4 is 28.1 Å². The van der Waals surface area contributed by atoms with Crippen LogP contribution >= 0.6 is 23.1 Å². The third-order valence-corrected chi connectivity index (χ3v) is 4.75. The minimum Gasteiger partial charge on any atom is -0.374 e. The first-order valence-electron chi connectivity index (χ1n) is 6.72. The van der Waals surface area contributed by atoms with Gasteiger partial charge in [-0.05, 0) is 56.3 Å². The average molecular weight is 299 g/mol. The van der Waals surface area contributed by atoms with Crippen molar-refractivity contribution in [2.24, 2.45) is 5.92 Å². The van der Waals surface area contributed by atoms with Crippen molar-refractivity contribution in [3.05, 3.63) is 10.7 Å². The van der Waals surface area contributed by atoms with Crippen LogP contribution in [0.5, 0.6) is 0 Å². The fourth-order valence-corrected chi connectivity index (χ4v) is 3.24. The zero-order valence-corrected chi connectivity index (χ0v) is 12.7. The first-order valence-corrected chi connectivity index (χ1v) is 7.87. The number of halogens is 1. The third-order valence-electron chi connectivity index (χ3n) is 3.58. The van der Waals surface area contributed by atoms with Crippen molar-refractivity contribution in [3.8, 4) is 6.07 Å². The number of piperidine rings is 1. The number of likely N-dealkylation sites (tertiary alicyclic amines) is 1. The average Bonchev–Trinajstić information content (AvgIpc) is 2.77. The van der Waals surface area contributed by atoms with E-state index < -0.39 is 0 Å². The van der Waals surface area contributed by atoms with Crippen molar-refractivity contribution in [1.82, 2.24) is 9.27 Å². The fraction of sp³-hybridized carbons (Fsp3) is 0.692. The van der Waals surface area contributed by atoms with E-state index in [1.54, 1.807) is 0 Å². The quantitative estimate of drug-likeness (QED) is 0.848. The van der Waals surface area contributed by atoms with Gasteiger partial charge in [-0.15, -0.1) is 0 Å². The van der Waals surface area contributed by atoms with Crippen LogP contribution in [0.2, 0.25) is 5.15 Å². The topological polar surface area (TPSA) is 52.0 Å². The van der Waals surface area contributed by atoms with Crippen LogP contribution in [0.25, 0.3) is 0 Å². The summed E-state index contributed by atoms with van der Waals surface area (Å²) >= 11 is 7.08. The molecule has 2 heterocycles. The Bertz CT molecular complexity index is 446. The highest BCUT2D eigenvalue weighted by molar-refractivity contribution is 7.10. The van der Waals surface area contributed by atoms with Gasteiger partial charge in [0.1, 0.15) is 16.6 Å². The predicted molar refractivity (Wildman–Crippen MR) is 79.8 cm³/mol. The molecule has 0 aromatic carbocycles. The first kappa shape index (κ1) is 14.6. The predicted octanol–water partition coefficient (Wildman–Crippen LogP) is 3.20. The molecule has 0 saturated carbocycles. The second-order valence-electron chi connectivity index (χ2n) is 5.09. The highest BCUT2D eigenvalue weighted by atomic mass is 35.5. The maximum absolute atomic E-state index is 8.96. The number of nitrogens with zero attached hydrogens (tertiary/aromatic N) is 3. The van der Waals surface area contributed by atoms with Gasteiger partial charge >= 0.3 is 0 Å². The number of aromatic nitrogens is 1. The van der Waals surface area contributed by atoms with Crippen molar-refractivity contribution in [2.75, 3.05) is 31.5 Å². The molecule has 1 aliphatic heterocycles. The molecule has 1 saturated heterocycles. The second kappa shape index (κ2) is 7.09. The van der Waals surface area contributed by atoms with Gasteiger partial charge in [0, 0.05) is 6.54 Å². The lowest BCUT2D eigenvalue weighted by molar-refractivity contribution is 0.192. The highest BCUT2D eigenvalue weighted by Crippen LogP contribution is 2.27. The normalized spacial score (nSPS) is 17.3. The van der Waals surface area contributed by atoms with Gasteiger partial charge in [-0.2, -0.15) is 9.64 Å². The van der Waals surface area contributed by atoms with E-state index in [1.165, 1.54) is 37.5 Å². The van der Waals surface area contributed by atoms with Crippen LogP contribution in [0, 0.1) is 17.2 Å². The first-order chi connectivity index (χ1) is 9.20. The summed E-state index contributed by atoms with van der Waals surface area (Å²) in [5.74, 6) is 0.881. The lowest BCUT2D eigenvalue weighted by Crippen LogP contribution is -2.34. The summed E-state index contributed by atoms with van der Waals surface area (Å²) in [4.78, 5) is 2.52. The zero-order valence-electron chi connectivity index (χ0n) is 11.2. The summed E-state index contributed by atoms with van der Waals surface area (Å²) in [7, 11) is 0. The third kappa shape index (κ3) is 4.07. The minimum absolute atomic E-state index is 0.306. The van der Waals surface area contributed by atoms with Crippen LogP contribution in [0.1, 0.15) is 31.7 Å². The van der Waals surface area contributed by atoms with E-state index in [0.29, 0.717) is 10.7 Å². The molecule has 6 heteroatoms. The molecule has 1 N–H and O–H groups in total. The van der Waals surface area contributed by atoms with E-state index in [9.17, 15) is 0 Å². The summed E-state index contributed by atoms with van der Waals surface area (Å²) in [6.07, 6.45) is 3.71. The number of nitrogens with one attached hydrogen (secondary N) is 1. The van der Waals surface area contributed by atoms with Gasteiger partial charge in [0.15, 0.2) is 5.15 Å². The van der Waals surface area contributed by atoms with Gasteiger partial charge < -0.3 is 10.2 Å². The fourth-order valence-electron chi connectivity index (χ4n) is 2.28. The van der Waals surface area contributed by atoms with Gasteiger partial charge in [0.05, 0.1) is 0 Å². The number of anilines is 1. The van der Waals surface area contributed by atoms with Crippen LogP contribution in [0.3, 0.4) is 0 Å². The van der Waals surface area contributed by atoms with Gasteiger partial charge in [0.2, 0.25) is 0 Å². The van der Waals surface area contributed by atoms with Crippen molar-refractivity contribution < 1.29 is 0 Å². The summed E-state index contributed by atoms with van der Waals surface area (Å²) in [5, 5.41) is 13.3. The number of hydrogen-bond acceptors (Lipinski definition) is 5. The summed E-state index contributed by atoms with van der Waals surface area (Å²) in [5.41, 5.74) is 0.471. The number of hydrogen-bond donors (Lipinski definition) is 1. The smallest absolute Gasteiger partial charge is 0.162 e. The Labute approximate surface area is 123 Å². The molecular formula is C13H19ClN4S. The molecule has 1 aromatic heterocycles. The van der Waals surface area contributed by atoms with Crippen molar-refractivity contribution in [2.45, 2.75) is 26.2 Å². The van der Waals surface area contributed by atoms with Gasteiger partial charge in [-0.1, -0.05) is 18.5 Å². The molecule has 1 aromatic rings. The molecule has 0 unspecified atom stereocenters. The molecule has 104 valence electrons. The SMILES string of the molecule is CC1CCN(CCCNc2snc(Cl)c2C#N)CC1. The Morgan fingerprint density at radius 1 is 1.53 bits per heavy atom. The van der Waals surface area contributed by atoms with Crippen LogP contribution < -0.4 is 5.32 Å². The van der Waals surface area contributed by atoms with E-state index in [0.717, 1.165) is 30.4 Å².